The summed E-state index contributed by atoms with van der Waals surface area (Å²) in [5, 5.41) is 4.23. The van der Waals surface area contributed by atoms with Crippen LogP contribution >= 0.6 is 0 Å². The molecule has 1 aliphatic rings. The van der Waals surface area contributed by atoms with E-state index in [1.54, 1.807) is 15.5 Å². The van der Waals surface area contributed by atoms with Crippen molar-refractivity contribution in [1.29, 1.82) is 0 Å². The Bertz CT molecular complexity index is 1160. The lowest BCUT2D eigenvalue weighted by molar-refractivity contribution is -0.131. The van der Waals surface area contributed by atoms with Crippen LogP contribution in [0.15, 0.2) is 41.8 Å². The molecule has 4 rings (SSSR count). The van der Waals surface area contributed by atoms with Crippen LogP contribution < -0.4 is 4.90 Å². The fraction of sp³-hybridized carbons (Fsp3) is 0.389. The predicted octanol–water partition coefficient (Wildman–Crippen LogP) is -0.203. The lowest BCUT2D eigenvalue weighted by atomic mass is 10.3. The van der Waals surface area contributed by atoms with Crippen molar-refractivity contribution in [2.24, 2.45) is 0 Å². The Morgan fingerprint density at radius 3 is 2.70 bits per heavy atom. The second-order valence-corrected chi connectivity index (χ2v) is 9.09. The number of nitrogens with zero attached hydrogens (tertiary/aromatic N) is 8. The van der Waals surface area contributed by atoms with E-state index in [0.717, 1.165) is 15.8 Å². The van der Waals surface area contributed by atoms with Crippen LogP contribution in [-0.2, 0) is 14.8 Å². The number of rotatable bonds is 5. The third kappa shape index (κ3) is 3.83. The van der Waals surface area contributed by atoms with E-state index in [1.807, 2.05) is 13.0 Å². The fourth-order valence-corrected chi connectivity index (χ4v) is 4.46. The highest BCUT2D eigenvalue weighted by Gasteiger charge is 2.28. The van der Waals surface area contributed by atoms with Crippen LogP contribution in [0.2, 0.25) is 0 Å². The van der Waals surface area contributed by atoms with E-state index in [1.165, 1.54) is 31.8 Å². The first-order valence-electron chi connectivity index (χ1n) is 9.43. The third-order valence-electron chi connectivity index (χ3n) is 5.02. The quantitative estimate of drug-likeness (QED) is 0.546. The number of fused-ring (bicyclic) bond motifs is 1. The molecule has 3 aromatic rings. The van der Waals surface area contributed by atoms with Crippen molar-refractivity contribution >= 4 is 27.5 Å². The van der Waals surface area contributed by atoms with E-state index in [-0.39, 0.29) is 17.3 Å². The molecule has 0 unspecified atom stereocenters. The number of pyridine rings is 1. The van der Waals surface area contributed by atoms with Crippen LogP contribution in [0, 0.1) is 6.92 Å². The summed E-state index contributed by atoms with van der Waals surface area (Å²) < 4.78 is 27.9. The molecule has 0 radical (unpaired) electrons. The molecule has 3 aromatic heterocycles. The number of carbonyl (C=O) groups excluding carboxylic acids is 1. The van der Waals surface area contributed by atoms with Crippen molar-refractivity contribution < 1.29 is 13.2 Å². The summed E-state index contributed by atoms with van der Waals surface area (Å²) in [5.41, 5.74) is 0.839. The molecule has 0 N–H and O–H groups in total. The molecule has 0 bridgehead atoms. The second kappa shape index (κ2) is 7.95. The zero-order valence-electron chi connectivity index (χ0n) is 16.7. The fourth-order valence-electron chi connectivity index (χ4n) is 3.38. The molecule has 0 saturated carbocycles. The molecular weight excluding hydrogens is 408 g/mol. The van der Waals surface area contributed by atoms with Gasteiger partial charge in [-0.15, -0.1) is 0 Å². The minimum atomic E-state index is -3.76. The Morgan fingerprint density at radius 1 is 1.23 bits per heavy atom. The number of anilines is 1. The van der Waals surface area contributed by atoms with E-state index < -0.39 is 10.0 Å². The van der Waals surface area contributed by atoms with Crippen molar-refractivity contribution in [2.45, 2.75) is 11.8 Å². The van der Waals surface area contributed by atoms with Gasteiger partial charge < -0.3 is 9.80 Å². The molecule has 0 atom stereocenters. The zero-order valence-corrected chi connectivity index (χ0v) is 17.5. The van der Waals surface area contributed by atoms with Crippen LogP contribution in [0.25, 0.3) is 5.78 Å². The maximum Gasteiger partial charge on any atom is 0.254 e. The summed E-state index contributed by atoms with van der Waals surface area (Å²) in [5.74, 6) is 1.17. The molecule has 1 aliphatic heterocycles. The SMILES string of the molecule is Cc1cc(N2CCN(C(=O)CN(C)S(=O)(=O)c3cccnc3)CC2)n2ncnc2n1. The van der Waals surface area contributed by atoms with E-state index >= 15 is 0 Å². The van der Waals surface area contributed by atoms with Gasteiger partial charge in [-0.05, 0) is 19.1 Å². The molecule has 11 nitrogen and oxygen atoms in total. The van der Waals surface area contributed by atoms with Crippen molar-refractivity contribution in [3.63, 3.8) is 0 Å². The number of aryl methyl sites for hydroxylation is 1. The molecule has 1 saturated heterocycles. The number of hydrogen-bond acceptors (Lipinski definition) is 8. The molecular formula is C18H22N8O3S. The Labute approximate surface area is 174 Å². The molecule has 0 aliphatic carbocycles. The molecule has 12 heteroatoms. The average Bonchev–Trinajstić information content (AvgIpc) is 3.22. The van der Waals surface area contributed by atoms with E-state index in [2.05, 4.69) is 25.0 Å². The standard InChI is InChI=1S/C18H22N8O3S/c1-14-10-16(26-18(22-14)20-13-21-26)24-6-8-25(9-7-24)17(27)12-23(2)30(28,29)15-4-3-5-19-11-15/h3-5,10-11,13H,6-9,12H2,1-2H3. The van der Waals surface area contributed by atoms with Gasteiger partial charge >= 0.3 is 0 Å². The monoisotopic (exact) mass is 430 g/mol. The number of sulfonamides is 1. The van der Waals surface area contributed by atoms with E-state index in [9.17, 15) is 13.2 Å². The van der Waals surface area contributed by atoms with E-state index in [4.69, 9.17) is 0 Å². The largest absolute Gasteiger partial charge is 0.353 e. The summed E-state index contributed by atoms with van der Waals surface area (Å²) in [6.45, 7) is 3.84. The van der Waals surface area contributed by atoms with Gasteiger partial charge in [0, 0.05) is 57.4 Å². The van der Waals surface area contributed by atoms with Crippen LogP contribution in [0.1, 0.15) is 5.69 Å². The molecule has 0 spiro atoms. The van der Waals surface area contributed by atoms with Crippen LogP contribution in [0.5, 0.6) is 0 Å². The van der Waals surface area contributed by atoms with Crippen molar-refractivity contribution in [2.75, 3.05) is 44.7 Å². The number of amides is 1. The van der Waals surface area contributed by atoms with Gasteiger partial charge in [-0.25, -0.2) is 13.4 Å². The summed E-state index contributed by atoms with van der Waals surface area (Å²) in [6.07, 6.45) is 4.24. The minimum absolute atomic E-state index is 0.0648. The van der Waals surface area contributed by atoms with Gasteiger partial charge in [-0.3, -0.25) is 9.78 Å². The number of carbonyl (C=O) groups is 1. The van der Waals surface area contributed by atoms with Gasteiger partial charge in [-0.1, -0.05) is 0 Å². The summed E-state index contributed by atoms with van der Waals surface area (Å²) >= 11 is 0. The van der Waals surface area contributed by atoms with Gasteiger partial charge in [0.1, 0.15) is 17.0 Å². The van der Waals surface area contributed by atoms with Gasteiger partial charge in [0.05, 0.1) is 6.54 Å². The van der Waals surface area contributed by atoms with Gasteiger partial charge in [0.15, 0.2) is 0 Å². The van der Waals surface area contributed by atoms with Gasteiger partial charge in [0.25, 0.3) is 5.78 Å². The molecule has 1 fully saturated rings. The normalized spacial score (nSPS) is 15.2. The third-order valence-corrected chi connectivity index (χ3v) is 6.80. The Morgan fingerprint density at radius 2 is 2.00 bits per heavy atom. The Balaban J connectivity index is 1.40. The predicted molar refractivity (Wildman–Crippen MR) is 108 cm³/mol. The Hall–Kier alpha value is -3.12. The Kier molecular flexibility index (Phi) is 5.35. The molecule has 30 heavy (non-hydrogen) atoms. The molecule has 0 aromatic carbocycles. The average molecular weight is 430 g/mol. The van der Waals surface area contributed by atoms with Gasteiger partial charge in [0.2, 0.25) is 15.9 Å². The minimum Gasteiger partial charge on any atom is -0.353 e. The van der Waals surface area contributed by atoms with Crippen molar-refractivity contribution in [3.8, 4) is 0 Å². The van der Waals surface area contributed by atoms with Crippen LogP contribution in [0.3, 0.4) is 0 Å². The number of piperazine rings is 1. The van der Waals surface area contributed by atoms with Crippen molar-refractivity contribution in [1.82, 2.24) is 33.8 Å². The highest BCUT2D eigenvalue weighted by Crippen LogP contribution is 2.18. The van der Waals surface area contributed by atoms with E-state index in [0.29, 0.717) is 32.0 Å². The maximum atomic E-state index is 12.7. The number of hydrogen-bond donors (Lipinski definition) is 0. The highest BCUT2D eigenvalue weighted by atomic mass is 32.2. The lowest BCUT2D eigenvalue weighted by Gasteiger charge is -2.36. The zero-order chi connectivity index (χ0) is 21.3. The van der Waals surface area contributed by atoms with Crippen molar-refractivity contribution in [3.05, 3.63) is 42.6 Å². The highest BCUT2D eigenvalue weighted by molar-refractivity contribution is 7.89. The molecule has 4 heterocycles. The number of aromatic nitrogens is 5. The lowest BCUT2D eigenvalue weighted by Crippen LogP contribution is -2.51. The first kappa shape index (κ1) is 20.2. The number of likely N-dealkylation sites (N-methyl/N-ethyl adjacent to an activating group) is 1. The summed E-state index contributed by atoms with van der Waals surface area (Å²) in [7, 11) is -2.36. The summed E-state index contributed by atoms with van der Waals surface area (Å²) in [6, 6.07) is 4.95. The molecule has 1 amide bonds. The van der Waals surface area contributed by atoms with Gasteiger partial charge in [-0.2, -0.15) is 18.9 Å². The smallest absolute Gasteiger partial charge is 0.254 e. The van der Waals surface area contributed by atoms with Crippen LogP contribution in [0.4, 0.5) is 5.82 Å². The first-order valence-corrected chi connectivity index (χ1v) is 10.9. The molecule has 158 valence electrons. The maximum absolute atomic E-state index is 12.7. The topological polar surface area (TPSA) is 117 Å². The van der Waals surface area contributed by atoms with Crippen LogP contribution in [-0.4, -0.2) is 87.9 Å². The summed E-state index contributed by atoms with van der Waals surface area (Å²) in [4.78, 5) is 28.9. The first-order chi connectivity index (χ1) is 14.4. The second-order valence-electron chi connectivity index (χ2n) is 7.05.